The van der Waals surface area contributed by atoms with Gasteiger partial charge in [0.15, 0.2) is 6.61 Å². The van der Waals surface area contributed by atoms with Gasteiger partial charge < -0.3 is 15.0 Å². The van der Waals surface area contributed by atoms with Crippen LogP contribution in [0.5, 0.6) is 0 Å². The number of hydrogen-bond donors (Lipinski definition) is 1. The Labute approximate surface area is 168 Å². The molecule has 0 saturated carbocycles. The predicted molar refractivity (Wildman–Crippen MR) is 111 cm³/mol. The van der Waals surface area contributed by atoms with E-state index in [0.29, 0.717) is 24.2 Å². The maximum atomic E-state index is 12.3. The van der Waals surface area contributed by atoms with Crippen LogP contribution in [0, 0.1) is 0 Å². The van der Waals surface area contributed by atoms with Crippen LogP contribution in [0.2, 0.25) is 0 Å². The van der Waals surface area contributed by atoms with E-state index in [1.807, 2.05) is 36.4 Å². The third-order valence-electron chi connectivity index (χ3n) is 4.83. The first kappa shape index (κ1) is 18.7. The number of nitrogens with one attached hydrogen (secondary N) is 1. The molecular weight excluding hydrogens is 368 g/mol. The fraction of sp³-hybridized carbons (Fsp3) is 0.174. The Morgan fingerprint density at radius 2 is 1.79 bits per heavy atom. The summed E-state index contributed by atoms with van der Waals surface area (Å²) in [5.41, 5.74) is 1.69. The molecule has 1 aliphatic heterocycles. The van der Waals surface area contributed by atoms with Crippen LogP contribution in [-0.4, -0.2) is 30.9 Å². The van der Waals surface area contributed by atoms with Crippen molar-refractivity contribution >= 4 is 39.9 Å². The lowest BCUT2D eigenvalue weighted by Crippen LogP contribution is -2.24. The molecule has 0 aliphatic carbocycles. The van der Waals surface area contributed by atoms with Crippen LogP contribution in [0.4, 0.5) is 11.4 Å². The molecule has 3 aromatic rings. The minimum absolute atomic E-state index is 0.0813. The number of rotatable bonds is 5. The summed E-state index contributed by atoms with van der Waals surface area (Å²) in [6.07, 6.45) is 1.38. The number of benzene rings is 3. The zero-order valence-corrected chi connectivity index (χ0v) is 15.8. The number of nitrogens with zero attached hydrogens (tertiary/aromatic N) is 1. The first-order valence-corrected chi connectivity index (χ1v) is 9.46. The highest BCUT2D eigenvalue weighted by atomic mass is 16.5. The summed E-state index contributed by atoms with van der Waals surface area (Å²) in [5.74, 6) is -0.913. The number of amides is 2. The fourth-order valence-corrected chi connectivity index (χ4v) is 3.40. The van der Waals surface area contributed by atoms with Gasteiger partial charge in [0.05, 0.1) is 5.56 Å². The third kappa shape index (κ3) is 4.27. The van der Waals surface area contributed by atoms with Crippen LogP contribution in [0.1, 0.15) is 23.2 Å². The van der Waals surface area contributed by atoms with Crippen molar-refractivity contribution in [2.24, 2.45) is 0 Å². The largest absolute Gasteiger partial charge is 0.452 e. The molecule has 1 N–H and O–H groups in total. The number of hydrogen-bond acceptors (Lipinski definition) is 4. The molecule has 1 heterocycles. The van der Waals surface area contributed by atoms with Gasteiger partial charge in [-0.25, -0.2) is 4.79 Å². The molecule has 0 radical (unpaired) electrons. The molecule has 3 aromatic carbocycles. The summed E-state index contributed by atoms with van der Waals surface area (Å²) in [6.45, 7) is 0.290. The fourth-order valence-electron chi connectivity index (χ4n) is 3.40. The van der Waals surface area contributed by atoms with E-state index in [4.69, 9.17) is 4.74 Å². The van der Waals surface area contributed by atoms with Crippen LogP contribution in [0.25, 0.3) is 10.8 Å². The Morgan fingerprint density at radius 1 is 0.966 bits per heavy atom. The maximum absolute atomic E-state index is 12.3. The van der Waals surface area contributed by atoms with Gasteiger partial charge in [0.2, 0.25) is 5.91 Å². The standard InChI is InChI=1S/C23H20N2O4/c26-21(24-19-7-3-8-20(14-19)25-12-4-9-22(25)27)15-29-23(28)18-11-10-16-5-1-2-6-17(16)13-18/h1-3,5-8,10-11,13-14H,4,9,12,15H2,(H,24,26). The van der Waals surface area contributed by atoms with Crippen molar-refractivity contribution in [1.82, 2.24) is 0 Å². The molecule has 2 amide bonds. The lowest BCUT2D eigenvalue weighted by atomic mass is 10.1. The monoisotopic (exact) mass is 388 g/mol. The molecule has 1 aliphatic rings. The van der Waals surface area contributed by atoms with Gasteiger partial charge >= 0.3 is 5.97 Å². The molecule has 0 aromatic heterocycles. The highest BCUT2D eigenvalue weighted by Gasteiger charge is 2.21. The minimum Gasteiger partial charge on any atom is -0.452 e. The average molecular weight is 388 g/mol. The summed E-state index contributed by atoms with van der Waals surface area (Å²) in [4.78, 5) is 38.0. The summed E-state index contributed by atoms with van der Waals surface area (Å²) < 4.78 is 5.14. The first-order valence-electron chi connectivity index (χ1n) is 9.46. The van der Waals surface area contributed by atoms with Crippen molar-refractivity contribution < 1.29 is 19.1 Å². The Kier molecular flexibility index (Phi) is 5.24. The second-order valence-electron chi connectivity index (χ2n) is 6.89. The summed E-state index contributed by atoms with van der Waals surface area (Å²) in [7, 11) is 0. The zero-order chi connectivity index (χ0) is 20.2. The number of carbonyl (C=O) groups is 3. The van der Waals surface area contributed by atoms with E-state index in [0.717, 1.165) is 22.9 Å². The average Bonchev–Trinajstić information content (AvgIpc) is 3.17. The Morgan fingerprint density at radius 3 is 2.59 bits per heavy atom. The van der Waals surface area contributed by atoms with Crippen LogP contribution in [0.15, 0.2) is 66.7 Å². The van der Waals surface area contributed by atoms with E-state index in [1.54, 1.807) is 35.2 Å². The lowest BCUT2D eigenvalue weighted by Gasteiger charge is -2.16. The summed E-state index contributed by atoms with van der Waals surface area (Å²) in [5, 5.41) is 4.66. The van der Waals surface area contributed by atoms with Crippen LogP contribution < -0.4 is 10.2 Å². The summed E-state index contributed by atoms with van der Waals surface area (Å²) >= 11 is 0. The van der Waals surface area contributed by atoms with Crippen molar-refractivity contribution in [2.45, 2.75) is 12.8 Å². The Hall–Kier alpha value is -3.67. The molecule has 0 bridgehead atoms. The molecule has 0 spiro atoms. The summed E-state index contributed by atoms with van der Waals surface area (Å²) in [6, 6.07) is 20.0. The number of ether oxygens (including phenoxy) is 1. The molecular formula is C23H20N2O4. The third-order valence-corrected chi connectivity index (χ3v) is 4.83. The normalized spacial score (nSPS) is 13.5. The molecule has 146 valence electrons. The van der Waals surface area contributed by atoms with E-state index in [1.165, 1.54) is 0 Å². The highest BCUT2D eigenvalue weighted by Crippen LogP contribution is 2.24. The Bertz CT molecular complexity index is 1090. The number of anilines is 2. The van der Waals surface area contributed by atoms with Gasteiger partial charge in [0, 0.05) is 24.3 Å². The molecule has 29 heavy (non-hydrogen) atoms. The van der Waals surface area contributed by atoms with Crippen LogP contribution >= 0.6 is 0 Å². The van der Waals surface area contributed by atoms with Gasteiger partial charge in [-0.3, -0.25) is 9.59 Å². The van der Waals surface area contributed by atoms with Gasteiger partial charge in [0.25, 0.3) is 5.91 Å². The van der Waals surface area contributed by atoms with Gasteiger partial charge in [-0.2, -0.15) is 0 Å². The van der Waals surface area contributed by atoms with Crippen molar-refractivity contribution in [3.8, 4) is 0 Å². The molecule has 4 rings (SSSR count). The maximum Gasteiger partial charge on any atom is 0.338 e. The van der Waals surface area contributed by atoms with E-state index < -0.39 is 18.5 Å². The van der Waals surface area contributed by atoms with Crippen molar-refractivity contribution in [1.29, 1.82) is 0 Å². The minimum atomic E-state index is -0.553. The smallest absolute Gasteiger partial charge is 0.338 e. The van der Waals surface area contributed by atoms with Gasteiger partial charge in [-0.05, 0) is 47.5 Å². The second kappa shape index (κ2) is 8.14. The van der Waals surface area contributed by atoms with Gasteiger partial charge in [-0.15, -0.1) is 0 Å². The molecule has 6 nitrogen and oxygen atoms in total. The molecule has 1 saturated heterocycles. The first-order chi connectivity index (χ1) is 14.1. The van der Waals surface area contributed by atoms with E-state index in [2.05, 4.69) is 5.32 Å². The molecule has 6 heteroatoms. The SMILES string of the molecule is O=C(COC(=O)c1ccc2ccccc2c1)Nc1cccc(N2CCCC2=O)c1. The zero-order valence-electron chi connectivity index (χ0n) is 15.8. The van der Waals surface area contributed by atoms with E-state index in [-0.39, 0.29) is 5.91 Å². The van der Waals surface area contributed by atoms with Crippen LogP contribution in [0.3, 0.4) is 0 Å². The van der Waals surface area contributed by atoms with Gasteiger partial charge in [-0.1, -0.05) is 36.4 Å². The van der Waals surface area contributed by atoms with E-state index >= 15 is 0 Å². The van der Waals surface area contributed by atoms with Crippen molar-refractivity contribution in [3.05, 3.63) is 72.3 Å². The quantitative estimate of drug-likeness (QED) is 0.675. The molecule has 0 atom stereocenters. The Balaban J connectivity index is 1.36. The van der Waals surface area contributed by atoms with Crippen LogP contribution in [-0.2, 0) is 14.3 Å². The molecule has 1 fully saturated rings. The lowest BCUT2D eigenvalue weighted by molar-refractivity contribution is -0.119. The van der Waals surface area contributed by atoms with Crippen molar-refractivity contribution in [2.75, 3.05) is 23.4 Å². The van der Waals surface area contributed by atoms with Crippen molar-refractivity contribution in [3.63, 3.8) is 0 Å². The number of fused-ring (bicyclic) bond motifs is 1. The highest BCUT2D eigenvalue weighted by molar-refractivity contribution is 5.99. The van der Waals surface area contributed by atoms with E-state index in [9.17, 15) is 14.4 Å². The topological polar surface area (TPSA) is 75.7 Å². The number of carbonyl (C=O) groups excluding carboxylic acids is 3. The van der Waals surface area contributed by atoms with Gasteiger partial charge in [0.1, 0.15) is 0 Å². The second-order valence-corrected chi connectivity index (χ2v) is 6.89. The number of esters is 1. The molecule has 0 unspecified atom stereocenters. The predicted octanol–water partition coefficient (Wildman–Crippen LogP) is 3.76.